The molecular formula is C19H18ClN3O5. The van der Waals surface area contributed by atoms with Crippen LogP contribution in [0.15, 0.2) is 36.5 Å². The van der Waals surface area contributed by atoms with Crippen molar-refractivity contribution in [1.82, 2.24) is 9.88 Å². The number of urea groups is 1. The Morgan fingerprint density at radius 1 is 1.21 bits per heavy atom. The van der Waals surface area contributed by atoms with Crippen LogP contribution in [0.4, 0.5) is 10.5 Å². The second kappa shape index (κ2) is 8.26. The van der Waals surface area contributed by atoms with Crippen molar-refractivity contribution in [3.63, 3.8) is 0 Å². The van der Waals surface area contributed by atoms with Gasteiger partial charge in [-0.15, -0.1) is 0 Å². The quantitative estimate of drug-likeness (QED) is 0.713. The van der Waals surface area contributed by atoms with E-state index < -0.39 is 12.0 Å². The average Bonchev–Trinajstić information content (AvgIpc) is 2.72. The maximum absolute atomic E-state index is 13.0. The van der Waals surface area contributed by atoms with Gasteiger partial charge in [-0.2, -0.15) is 0 Å². The smallest absolute Gasteiger partial charge is 0.356 e. The van der Waals surface area contributed by atoms with Crippen molar-refractivity contribution < 1.29 is 23.9 Å². The van der Waals surface area contributed by atoms with E-state index in [1.54, 1.807) is 31.4 Å². The fourth-order valence-electron chi connectivity index (χ4n) is 2.83. The van der Waals surface area contributed by atoms with Crippen molar-refractivity contribution in [2.45, 2.75) is 13.0 Å². The van der Waals surface area contributed by atoms with E-state index >= 15 is 0 Å². The van der Waals surface area contributed by atoms with Crippen LogP contribution < -0.4 is 9.64 Å². The number of pyridine rings is 1. The lowest BCUT2D eigenvalue weighted by molar-refractivity contribution is -0.129. The fourth-order valence-corrected chi connectivity index (χ4v) is 3.04. The Bertz CT molecular complexity index is 916. The minimum Gasteiger partial charge on any atom is -0.497 e. The molecule has 9 heteroatoms. The fraction of sp³-hybridized carbons (Fsp3) is 0.263. The minimum absolute atomic E-state index is 0.0216. The van der Waals surface area contributed by atoms with Gasteiger partial charge in [0.15, 0.2) is 5.69 Å². The molecule has 28 heavy (non-hydrogen) atoms. The standard InChI is InChI=1S/C19H18ClN3O5/c1-27-13-5-3-12(4-6-13)11-23-17(24)7-8-22(19(23)26)16-9-15(18(25)28-2)21-10-14(16)20/h3-6,9-10H,7-8,11H2,1-2H3. The van der Waals surface area contributed by atoms with E-state index in [2.05, 4.69) is 9.72 Å². The van der Waals surface area contributed by atoms with Gasteiger partial charge in [-0.3, -0.25) is 14.6 Å². The predicted octanol–water partition coefficient (Wildman–Crippen LogP) is 2.89. The lowest BCUT2D eigenvalue weighted by atomic mass is 10.1. The molecule has 0 saturated carbocycles. The van der Waals surface area contributed by atoms with Crippen LogP contribution in [0.25, 0.3) is 0 Å². The van der Waals surface area contributed by atoms with Crippen LogP contribution in [-0.2, 0) is 16.1 Å². The van der Waals surface area contributed by atoms with E-state index in [-0.39, 0.29) is 36.1 Å². The van der Waals surface area contributed by atoms with Gasteiger partial charge in [0.05, 0.1) is 31.5 Å². The van der Waals surface area contributed by atoms with Crippen molar-refractivity contribution in [3.8, 4) is 5.75 Å². The number of carbonyl (C=O) groups is 3. The van der Waals surface area contributed by atoms with Gasteiger partial charge >= 0.3 is 12.0 Å². The molecule has 0 bridgehead atoms. The van der Waals surface area contributed by atoms with Gasteiger partial charge in [0.25, 0.3) is 0 Å². The number of nitrogens with zero attached hydrogens (tertiary/aromatic N) is 3. The molecule has 3 amide bonds. The number of hydrogen-bond acceptors (Lipinski definition) is 6. The number of benzene rings is 1. The highest BCUT2D eigenvalue weighted by Gasteiger charge is 2.34. The Morgan fingerprint density at radius 3 is 2.57 bits per heavy atom. The number of methoxy groups -OCH3 is 2. The van der Waals surface area contributed by atoms with Gasteiger partial charge in [-0.1, -0.05) is 23.7 Å². The van der Waals surface area contributed by atoms with Crippen LogP contribution in [-0.4, -0.2) is 48.6 Å². The number of hydrogen-bond donors (Lipinski definition) is 0. The van der Waals surface area contributed by atoms with Crippen molar-refractivity contribution in [2.24, 2.45) is 0 Å². The third kappa shape index (κ3) is 3.91. The summed E-state index contributed by atoms with van der Waals surface area (Å²) in [5.74, 6) is -0.246. The number of anilines is 1. The number of aromatic nitrogens is 1. The van der Waals surface area contributed by atoms with Gasteiger partial charge < -0.3 is 9.47 Å². The molecule has 1 saturated heterocycles. The molecule has 2 aromatic rings. The summed E-state index contributed by atoms with van der Waals surface area (Å²) in [5.41, 5.74) is 1.10. The molecular weight excluding hydrogens is 386 g/mol. The van der Waals surface area contributed by atoms with Crippen LogP contribution in [0, 0.1) is 0 Å². The molecule has 0 N–H and O–H groups in total. The Hall–Kier alpha value is -3.13. The summed E-state index contributed by atoms with van der Waals surface area (Å²) in [5, 5.41) is 0.194. The van der Waals surface area contributed by atoms with Gasteiger partial charge in [0.2, 0.25) is 5.91 Å². The van der Waals surface area contributed by atoms with E-state index in [9.17, 15) is 14.4 Å². The average molecular weight is 404 g/mol. The molecule has 1 aromatic heterocycles. The van der Waals surface area contributed by atoms with Gasteiger partial charge in [0, 0.05) is 19.2 Å². The molecule has 1 aliphatic rings. The Balaban J connectivity index is 1.87. The molecule has 0 unspecified atom stereocenters. The highest BCUT2D eigenvalue weighted by Crippen LogP contribution is 2.29. The molecule has 0 aliphatic carbocycles. The van der Waals surface area contributed by atoms with E-state index in [1.807, 2.05) is 0 Å². The number of halogens is 1. The molecule has 1 aliphatic heterocycles. The zero-order chi connectivity index (χ0) is 20.3. The minimum atomic E-state index is -0.645. The van der Waals surface area contributed by atoms with Gasteiger partial charge in [-0.25, -0.2) is 14.6 Å². The first-order chi connectivity index (χ1) is 13.4. The summed E-state index contributed by atoms with van der Waals surface area (Å²) < 4.78 is 9.77. The molecule has 3 rings (SSSR count). The van der Waals surface area contributed by atoms with Crippen molar-refractivity contribution in [1.29, 1.82) is 0 Å². The number of esters is 1. The SMILES string of the molecule is COC(=O)c1cc(N2CCC(=O)N(Cc3ccc(OC)cc3)C2=O)c(Cl)cn1. The summed E-state index contributed by atoms with van der Waals surface area (Å²) in [4.78, 5) is 43.5. The largest absolute Gasteiger partial charge is 0.497 e. The molecule has 0 atom stereocenters. The molecule has 146 valence electrons. The molecule has 0 spiro atoms. The molecule has 0 radical (unpaired) electrons. The maximum atomic E-state index is 13.0. The van der Waals surface area contributed by atoms with Crippen LogP contribution in [0.1, 0.15) is 22.5 Å². The third-order valence-electron chi connectivity index (χ3n) is 4.33. The van der Waals surface area contributed by atoms with E-state index in [0.29, 0.717) is 11.4 Å². The molecule has 1 aromatic carbocycles. The summed E-state index contributed by atoms with van der Waals surface area (Å²) in [7, 11) is 2.80. The van der Waals surface area contributed by atoms with Gasteiger partial charge in [0.1, 0.15) is 5.75 Å². The second-order valence-corrected chi connectivity index (χ2v) is 6.43. The first-order valence-corrected chi connectivity index (χ1v) is 8.81. The lowest BCUT2D eigenvalue weighted by Crippen LogP contribution is -2.52. The Morgan fingerprint density at radius 2 is 1.93 bits per heavy atom. The first kappa shape index (κ1) is 19.6. The van der Waals surface area contributed by atoms with E-state index in [1.165, 1.54) is 24.3 Å². The first-order valence-electron chi connectivity index (χ1n) is 8.43. The molecule has 1 fully saturated rings. The van der Waals surface area contributed by atoms with Crippen LogP contribution >= 0.6 is 11.6 Å². The Kier molecular flexibility index (Phi) is 5.79. The second-order valence-electron chi connectivity index (χ2n) is 6.02. The normalized spacial score (nSPS) is 14.2. The molecule has 2 heterocycles. The maximum Gasteiger partial charge on any atom is 0.356 e. The van der Waals surface area contributed by atoms with E-state index in [4.69, 9.17) is 16.3 Å². The van der Waals surface area contributed by atoms with Crippen molar-refractivity contribution >= 4 is 35.2 Å². The highest BCUT2D eigenvalue weighted by atomic mass is 35.5. The van der Waals surface area contributed by atoms with Crippen molar-refractivity contribution in [2.75, 3.05) is 25.7 Å². The summed E-state index contributed by atoms with van der Waals surface area (Å²) in [6.07, 6.45) is 1.41. The topological polar surface area (TPSA) is 89.0 Å². The molecule has 8 nitrogen and oxygen atoms in total. The zero-order valence-electron chi connectivity index (χ0n) is 15.3. The summed E-state index contributed by atoms with van der Waals surface area (Å²) in [6.45, 7) is 0.270. The van der Waals surface area contributed by atoms with Gasteiger partial charge in [-0.05, 0) is 23.8 Å². The van der Waals surface area contributed by atoms with Crippen LogP contribution in [0.2, 0.25) is 5.02 Å². The lowest BCUT2D eigenvalue weighted by Gasteiger charge is -2.34. The number of carbonyl (C=O) groups excluding carboxylic acids is 3. The number of rotatable bonds is 5. The Labute approximate surface area is 166 Å². The third-order valence-corrected chi connectivity index (χ3v) is 4.62. The predicted molar refractivity (Wildman–Crippen MR) is 101 cm³/mol. The monoisotopic (exact) mass is 403 g/mol. The van der Waals surface area contributed by atoms with E-state index in [0.717, 1.165) is 10.5 Å². The zero-order valence-corrected chi connectivity index (χ0v) is 16.1. The van der Waals surface area contributed by atoms with Crippen LogP contribution in [0.5, 0.6) is 5.75 Å². The van der Waals surface area contributed by atoms with Crippen LogP contribution in [0.3, 0.4) is 0 Å². The number of imide groups is 1. The highest BCUT2D eigenvalue weighted by molar-refractivity contribution is 6.34. The summed E-state index contributed by atoms with van der Waals surface area (Å²) in [6, 6.07) is 7.95. The number of ether oxygens (including phenoxy) is 2. The number of amides is 3. The van der Waals surface area contributed by atoms with Crippen molar-refractivity contribution in [3.05, 3.63) is 52.8 Å². The summed E-state index contributed by atoms with van der Waals surface area (Å²) >= 11 is 6.19.